The lowest BCUT2D eigenvalue weighted by molar-refractivity contribution is 0.552. The van der Waals surface area contributed by atoms with Gasteiger partial charge in [0.05, 0.1) is 6.26 Å². The molecule has 0 aromatic carbocycles. The summed E-state index contributed by atoms with van der Waals surface area (Å²) in [6.07, 6.45) is 3.28. The Morgan fingerprint density at radius 1 is 1.64 bits per heavy atom. The predicted molar refractivity (Wildman–Crippen MR) is 42.9 cm³/mol. The quantitative estimate of drug-likeness (QED) is 0.620. The molecule has 4 nitrogen and oxygen atoms in total. The molecule has 1 aliphatic rings. The standard InChI is InChI=1S/C6H13N2O2S/c1-11(9,10)8-5-6-3-2-4-7-6/h6,8H,2-5H2,1H3/t6-/m1/s1. The zero-order valence-electron chi connectivity index (χ0n) is 6.58. The molecular formula is C6H13N2O2S. The molecule has 1 saturated heterocycles. The van der Waals surface area contributed by atoms with Gasteiger partial charge in [-0.15, -0.1) is 0 Å². The average Bonchev–Trinajstić information content (AvgIpc) is 2.32. The molecule has 0 aromatic rings. The van der Waals surface area contributed by atoms with E-state index in [1.165, 1.54) is 6.26 Å². The number of hydrogen-bond acceptors (Lipinski definition) is 2. The van der Waals surface area contributed by atoms with Crippen molar-refractivity contribution in [2.24, 2.45) is 0 Å². The monoisotopic (exact) mass is 177 g/mol. The normalized spacial score (nSPS) is 25.7. The van der Waals surface area contributed by atoms with Gasteiger partial charge in [0.25, 0.3) is 0 Å². The molecular weight excluding hydrogens is 164 g/mol. The lowest BCUT2D eigenvalue weighted by Gasteiger charge is -2.07. The molecule has 1 radical (unpaired) electrons. The van der Waals surface area contributed by atoms with Gasteiger partial charge in [-0.05, 0) is 12.8 Å². The number of nitrogens with one attached hydrogen (secondary N) is 1. The van der Waals surface area contributed by atoms with Gasteiger partial charge >= 0.3 is 0 Å². The Morgan fingerprint density at radius 2 is 2.36 bits per heavy atom. The molecule has 1 heterocycles. The fraction of sp³-hybridized carbons (Fsp3) is 1.00. The van der Waals surface area contributed by atoms with Gasteiger partial charge in [0.2, 0.25) is 10.0 Å². The third kappa shape index (κ3) is 3.69. The average molecular weight is 177 g/mol. The predicted octanol–water partition coefficient (Wildman–Crippen LogP) is -0.698. The summed E-state index contributed by atoms with van der Waals surface area (Å²) in [5.41, 5.74) is 0. The molecule has 0 aliphatic carbocycles. The lowest BCUT2D eigenvalue weighted by Crippen LogP contribution is -2.33. The number of rotatable bonds is 3. The highest BCUT2D eigenvalue weighted by Gasteiger charge is 2.16. The molecule has 0 spiro atoms. The molecule has 0 amide bonds. The molecule has 11 heavy (non-hydrogen) atoms. The van der Waals surface area contributed by atoms with Gasteiger partial charge in [-0.2, -0.15) is 0 Å². The smallest absolute Gasteiger partial charge is 0.208 e. The van der Waals surface area contributed by atoms with Crippen molar-refractivity contribution in [3.8, 4) is 0 Å². The van der Waals surface area contributed by atoms with Gasteiger partial charge < -0.3 is 0 Å². The van der Waals surface area contributed by atoms with Crippen LogP contribution in [-0.2, 0) is 10.0 Å². The minimum absolute atomic E-state index is 0.213. The van der Waals surface area contributed by atoms with Gasteiger partial charge in [-0.25, -0.2) is 18.5 Å². The number of sulfonamides is 1. The van der Waals surface area contributed by atoms with Crippen LogP contribution in [0.2, 0.25) is 0 Å². The zero-order valence-corrected chi connectivity index (χ0v) is 7.39. The maximum Gasteiger partial charge on any atom is 0.208 e. The van der Waals surface area contributed by atoms with Crippen molar-refractivity contribution in [1.82, 2.24) is 10.0 Å². The van der Waals surface area contributed by atoms with E-state index in [1.807, 2.05) is 0 Å². The summed E-state index contributed by atoms with van der Waals surface area (Å²) < 4.78 is 23.7. The van der Waals surface area contributed by atoms with Crippen LogP contribution in [0, 0.1) is 0 Å². The molecule has 0 unspecified atom stereocenters. The van der Waals surface area contributed by atoms with Crippen molar-refractivity contribution in [3.63, 3.8) is 0 Å². The summed E-state index contributed by atoms with van der Waals surface area (Å²) in [6.45, 7) is 1.36. The van der Waals surface area contributed by atoms with E-state index in [0.29, 0.717) is 6.54 Å². The number of nitrogens with zero attached hydrogens (tertiary/aromatic N) is 1. The maximum atomic E-state index is 10.6. The molecule has 65 valence electrons. The van der Waals surface area contributed by atoms with Gasteiger partial charge in [0.1, 0.15) is 0 Å². The van der Waals surface area contributed by atoms with E-state index in [0.717, 1.165) is 19.4 Å². The zero-order chi connectivity index (χ0) is 8.32. The van der Waals surface area contributed by atoms with Crippen molar-refractivity contribution < 1.29 is 8.42 Å². The largest absolute Gasteiger partial charge is 0.237 e. The van der Waals surface area contributed by atoms with Crippen LogP contribution in [0.15, 0.2) is 0 Å². The second-order valence-corrected chi connectivity index (χ2v) is 4.66. The van der Waals surface area contributed by atoms with Gasteiger partial charge in [-0.3, -0.25) is 0 Å². The highest BCUT2D eigenvalue weighted by molar-refractivity contribution is 7.88. The van der Waals surface area contributed by atoms with Crippen molar-refractivity contribution >= 4 is 10.0 Å². The number of hydrogen-bond donors (Lipinski definition) is 1. The molecule has 0 aromatic heterocycles. The van der Waals surface area contributed by atoms with E-state index >= 15 is 0 Å². The summed E-state index contributed by atoms with van der Waals surface area (Å²) in [7, 11) is -3.02. The van der Waals surface area contributed by atoms with Gasteiger partial charge in [0.15, 0.2) is 0 Å². The topological polar surface area (TPSA) is 60.3 Å². The minimum Gasteiger partial charge on any atom is -0.237 e. The van der Waals surface area contributed by atoms with Crippen LogP contribution in [0.4, 0.5) is 0 Å². The minimum atomic E-state index is -3.02. The van der Waals surface area contributed by atoms with Crippen LogP contribution < -0.4 is 10.0 Å². The molecule has 1 N–H and O–H groups in total. The van der Waals surface area contributed by atoms with Crippen LogP contribution in [0.1, 0.15) is 12.8 Å². The van der Waals surface area contributed by atoms with E-state index in [4.69, 9.17) is 0 Å². The third-order valence-corrected chi connectivity index (χ3v) is 2.35. The van der Waals surface area contributed by atoms with E-state index in [-0.39, 0.29) is 6.04 Å². The molecule has 0 bridgehead atoms. The maximum absolute atomic E-state index is 10.6. The first kappa shape index (κ1) is 8.96. The van der Waals surface area contributed by atoms with E-state index in [1.54, 1.807) is 0 Å². The first-order valence-corrected chi connectivity index (χ1v) is 5.58. The van der Waals surface area contributed by atoms with E-state index in [9.17, 15) is 8.42 Å². The van der Waals surface area contributed by atoms with Crippen molar-refractivity contribution in [2.45, 2.75) is 18.9 Å². The lowest BCUT2D eigenvalue weighted by atomic mass is 10.2. The summed E-state index contributed by atoms with van der Waals surface area (Å²) in [4.78, 5) is 0. The van der Waals surface area contributed by atoms with Crippen molar-refractivity contribution in [3.05, 3.63) is 0 Å². The van der Waals surface area contributed by atoms with Crippen LogP contribution in [0.5, 0.6) is 0 Å². The molecule has 1 rings (SSSR count). The Kier molecular flexibility index (Phi) is 2.86. The Hall–Kier alpha value is -0.130. The van der Waals surface area contributed by atoms with Crippen LogP contribution >= 0.6 is 0 Å². The Morgan fingerprint density at radius 3 is 2.82 bits per heavy atom. The van der Waals surface area contributed by atoms with Gasteiger partial charge in [0, 0.05) is 19.1 Å². The first-order valence-electron chi connectivity index (χ1n) is 3.69. The highest BCUT2D eigenvalue weighted by Crippen LogP contribution is 2.05. The summed E-state index contributed by atoms with van der Waals surface area (Å²) in [6, 6.07) is 0.213. The van der Waals surface area contributed by atoms with Crippen molar-refractivity contribution in [2.75, 3.05) is 19.3 Å². The van der Waals surface area contributed by atoms with Crippen LogP contribution in [0.25, 0.3) is 0 Å². The summed E-state index contributed by atoms with van der Waals surface area (Å²) in [5.74, 6) is 0. The van der Waals surface area contributed by atoms with E-state index in [2.05, 4.69) is 10.0 Å². The van der Waals surface area contributed by atoms with Crippen LogP contribution in [0.3, 0.4) is 0 Å². The Labute approximate surface area is 67.4 Å². The summed E-state index contributed by atoms with van der Waals surface area (Å²) >= 11 is 0. The molecule has 1 atom stereocenters. The first-order chi connectivity index (χ1) is 5.08. The molecule has 1 aliphatic heterocycles. The third-order valence-electron chi connectivity index (χ3n) is 1.66. The second kappa shape index (κ2) is 3.51. The van der Waals surface area contributed by atoms with E-state index < -0.39 is 10.0 Å². The fourth-order valence-corrected chi connectivity index (χ4v) is 1.60. The fourth-order valence-electron chi connectivity index (χ4n) is 1.11. The summed E-state index contributed by atoms with van der Waals surface area (Å²) in [5, 5.41) is 4.21. The Bertz CT molecular complexity index is 207. The SMILES string of the molecule is CS(=O)(=O)NC[C@H]1CCC[N]1. The highest BCUT2D eigenvalue weighted by atomic mass is 32.2. The van der Waals surface area contributed by atoms with Gasteiger partial charge in [-0.1, -0.05) is 0 Å². The molecule has 1 fully saturated rings. The van der Waals surface area contributed by atoms with Crippen molar-refractivity contribution in [1.29, 1.82) is 0 Å². The molecule has 0 saturated carbocycles. The second-order valence-electron chi connectivity index (χ2n) is 2.82. The van der Waals surface area contributed by atoms with Crippen LogP contribution in [-0.4, -0.2) is 33.8 Å². The Balaban J connectivity index is 2.22. The molecule has 5 heteroatoms.